The first-order valence-corrected chi connectivity index (χ1v) is 7.06. The van der Waals surface area contributed by atoms with Gasteiger partial charge in [0.15, 0.2) is 0 Å². The summed E-state index contributed by atoms with van der Waals surface area (Å²) >= 11 is 0. The quantitative estimate of drug-likeness (QED) is 0.760. The maximum atomic E-state index is 11.2. The van der Waals surface area contributed by atoms with Crippen LogP contribution in [0.15, 0.2) is 24.3 Å². The Kier molecular flexibility index (Phi) is 5.38. The fourth-order valence-electron chi connectivity index (χ4n) is 2.58. The molecular weight excluding hydrogens is 254 g/mol. The van der Waals surface area contributed by atoms with Gasteiger partial charge >= 0.3 is 0 Å². The number of nitrogens with zero attached hydrogens (tertiary/aromatic N) is 1. The SMILES string of the molecule is NC(=O)CN(Cc1ccc(N)cc1)CC1CCOCC1. The lowest BCUT2D eigenvalue weighted by Crippen LogP contribution is -2.38. The van der Waals surface area contributed by atoms with Gasteiger partial charge in [-0.05, 0) is 36.5 Å². The molecule has 0 atom stereocenters. The lowest BCUT2D eigenvalue weighted by molar-refractivity contribution is -0.119. The fraction of sp³-hybridized carbons (Fsp3) is 0.533. The zero-order valence-corrected chi connectivity index (χ0v) is 11.8. The van der Waals surface area contributed by atoms with E-state index >= 15 is 0 Å². The van der Waals surface area contributed by atoms with Crippen molar-refractivity contribution in [3.8, 4) is 0 Å². The molecule has 2 rings (SSSR count). The van der Waals surface area contributed by atoms with Gasteiger partial charge in [-0.25, -0.2) is 0 Å². The minimum Gasteiger partial charge on any atom is -0.399 e. The Morgan fingerprint density at radius 3 is 2.50 bits per heavy atom. The largest absolute Gasteiger partial charge is 0.399 e. The smallest absolute Gasteiger partial charge is 0.231 e. The summed E-state index contributed by atoms with van der Waals surface area (Å²) in [5.74, 6) is 0.296. The Morgan fingerprint density at radius 2 is 1.90 bits per heavy atom. The third-order valence-electron chi connectivity index (χ3n) is 3.62. The van der Waals surface area contributed by atoms with E-state index in [1.807, 2.05) is 24.3 Å². The molecule has 20 heavy (non-hydrogen) atoms. The third kappa shape index (κ3) is 4.83. The molecule has 0 saturated carbocycles. The van der Waals surface area contributed by atoms with Crippen molar-refractivity contribution in [3.63, 3.8) is 0 Å². The van der Waals surface area contributed by atoms with Gasteiger partial charge in [-0.15, -0.1) is 0 Å². The van der Waals surface area contributed by atoms with Crippen LogP contribution >= 0.6 is 0 Å². The van der Waals surface area contributed by atoms with E-state index < -0.39 is 0 Å². The maximum Gasteiger partial charge on any atom is 0.231 e. The average Bonchev–Trinajstić information content (AvgIpc) is 2.42. The molecule has 5 heteroatoms. The number of nitrogen functional groups attached to an aromatic ring is 1. The normalized spacial score (nSPS) is 16.4. The number of hydrogen-bond donors (Lipinski definition) is 2. The van der Waals surface area contributed by atoms with Crippen molar-refractivity contribution in [1.29, 1.82) is 0 Å². The van der Waals surface area contributed by atoms with E-state index in [1.165, 1.54) is 0 Å². The van der Waals surface area contributed by atoms with Gasteiger partial charge < -0.3 is 16.2 Å². The summed E-state index contributed by atoms with van der Waals surface area (Å²) in [6, 6.07) is 7.75. The molecular formula is C15H23N3O2. The summed E-state index contributed by atoms with van der Waals surface area (Å²) in [5.41, 5.74) is 12.9. The molecule has 1 aliphatic heterocycles. The Bertz CT molecular complexity index is 427. The van der Waals surface area contributed by atoms with Gasteiger partial charge in [0.25, 0.3) is 0 Å². The Hall–Kier alpha value is -1.59. The highest BCUT2D eigenvalue weighted by Crippen LogP contribution is 2.17. The highest BCUT2D eigenvalue weighted by molar-refractivity contribution is 5.75. The van der Waals surface area contributed by atoms with Crippen molar-refractivity contribution in [1.82, 2.24) is 4.90 Å². The lowest BCUT2D eigenvalue weighted by atomic mass is 9.99. The summed E-state index contributed by atoms with van der Waals surface area (Å²) < 4.78 is 5.37. The van der Waals surface area contributed by atoms with Crippen LogP contribution in [0.4, 0.5) is 5.69 Å². The maximum absolute atomic E-state index is 11.2. The zero-order chi connectivity index (χ0) is 14.4. The number of anilines is 1. The minimum atomic E-state index is -0.285. The highest BCUT2D eigenvalue weighted by Gasteiger charge is 2.18. The van der Waals surface area contributed by atoms with Crippen LogP contribution in [0.25, 0.3) is 0 Å². The second-order valence-electron chi connectivity index (χ2n) is 5.43. The molecule has 0 aromatic heterocycles. The zero-order valence-electron chi connectivity index (χ0n) is 11.8. The molecule has 110 valence electrons. The predicted molar refractivity (Wildman–Crippen MR) is 78.9 cm³/mol. The van der Waals surface area contributed by atoms with Crippen molar-refractivity contribution < 1.29 is 9.53 Å². The summed E-state index contributed by atoms with van der Waals surface area (Å²) in [6.45, 7) is 3.53. The van der Waals surface area contributed by atoms with Gasteiger partial charge in [0.1, 0.15) is 0 Å². The highest BCUT2D eigenvalue weighted by atomic mass is 16.5. The molecule has 5 nitrogen and oxygen atoms in total. The Labute approximate surface area is 119 Å². The molecule has 0 bridgehead atoms. The van der Waals surface area contributed by atoms with E-state index in [9.17, 15) is 4.79 Å². The fourth-order valence-corrected chi connectivity index (χ4v) is 2.58. The number of nitrogens with two attached hydrogens (primary N) is 2. The van der Waals surface area contributed by atoms with E-state index in [-0.39, 0.29) is 5.91 Å². The van der Waals surface area contributed by atoms with Crippen LogP contribution in [0.3, 0.4) is 0 Å². The van der Waals surface area contributed by atoms with Crippen LogP contribution in [-0.4, -0.2) is 37.1 Å². The number of carbonyl (C=O) groups excluding carboxylic acids is 1. The van der Waals surface area contributed by atoms with Gasteiger partial charge in [-0.3, -0.25) is 9.69 Å². The molecule has 1 amide bonds. The van der Waals surface area contributed by atoms with Gasteiger partial charge in [-0.2, -0.15) is 0 Å². The number of primary amides is 1. The van der Waals surface area contributed by atoms with Crippen molar-refractivity contribution in [2.75, 3.05) is 32.0 Å². The Balaban J connectivity index is 1.95. The molecule has 0 spiro atoms. The van der Waals surface area contributed by atoms with Crippen LogP contribution in [0, 0.1) is 5.92 Å². The third-order valence-corrected chi connectivity index (χ3v) is 3.62. The molecule has 1 heterocycles. The van der Waals surface area contributed by atoms with E-state index in [0.717, 1.165) is 50.4 Å². The van der Waals surface area contributed by atoms with E-state index in [2.05, 4.69) is 4.90 Å². The first-order valence-electron chi connectivity index (χ1n) is 7.06. The second-order valence-corrected chi connectivity index (χ2v) is 5.43. The molecule has 0 radical (unpaired) electrons. The van der Waals surface area contributed by atoms with Gasteiger partial charge in [0, 0.05) is 32.0 Å². The van der Waals surface area contributed by atoms with Crippen molar-refractivity contribution in [2.24, 2.45) is 11.7 Å². The number of ether oxygens (including phenoxy) is 1. The molecule has 1 fully saturated rings. The van der Waals surface area contributed by atoms with Gasteiger partial charge in [0.2, 0.25) is 5.91 Å². The first-order chi connectivity index (χ1) is 9.63. The topological polar surface area (TPSA) is 81.6 Å². The predicted octanol–water partition coefficient (Wildman–Crippen LogP) is 0.983. The van der Waals surface area contributed by atoms with Gasteiger partial charge in [-0.1, -0.05) is 12.1 Å². The molecule has 4 N–H and O–H groups in total. The van der Waals surface area contributed by atoms with Crippen LogP contribution in [0.2, 0.25) is 0 Å². The monoisotopic (exact) mass is 277 g/mol. The summed E-state index contributed by atoms with van der Waals surface area (Å²) in [6.07, 6.45) is 2.11. The molecule has 1 aromatic carbocycles. The number of hydrogen-bond acceptors (Lipinski definition) is 4. The van der Waals surface area contributed by atoms with Crippen molar-refractivity contribution in [2.45, 2.75) is 19.4 Å². The number of benzene rings is 1. The van der Waals surface area contributed by atoms with E-state index in [0.29, 0.717) is 12.5 Å². The standard InChI is InChI=1S/C15H23N3O2/c16-14-3-1-12(2-4-14)9-18(11-15(17)19)10-13-5-7-20-8-6-13/h1-4,13H,5-11,16H2,(H2,17,19). The first kappa shape index (κ1) is 14.8. The van der Waals surface area contributed by atoms with E-state index in [1.54, 1.807) is 0 Å². The van der Waals surface area contributed by atoms with Gasteiger partial charge in [0.05, 0.1) is 6.54 Å². The van der Waals surface area contributed by atoms with Crippen LogP contribution in [-0.2, 0) is 16.1 Å². The molecule has 0 unspecified atom stereocenters. The minimum absolute atomic E-state index is 0.285. The lowest BCUT2D eigenvalue weighted by Gasteiger charge is -2.29. The summed E-state index contributed by atoms with van der Waals surface area (Å²) in [7, 11) is 0. The van der Waals surface area contributed by atoms with Crippen LogP contribution in [0.5, 0.6) is 0 Å². The Morgan fingerprint density at radius 1 is 1.25 bits per heavy atom. The molecule has 1 aromatic rings. The average molecular weight is 277 g/mol. The number of amides is 1. The van der Waals surface area contributed by atoms with Crippen molar-refractivity contribution in [3.05, 3.63) is 29.8 Å². The van der Waals surface area contributed by atoms with Crippen LogP contribution < -0.4 is 11.5 Å². The molecule has 1 saturated heterocycles. The summed E-state index contributed by atoms with van der Waals surface area (Å²) in [4.78, 5) is 13.3. The van der Waals surface area contributed by atoms with Crippen molar-refractivity contribution >= 4 is 11.6 Å². The molecule has 1 aliphatic rings. The second kappa shape index (κ2) is 7.26. The molecule has 0 aliphatic carbocycles. The number of rotatable bonds is 6. The number of carbonyl (C=O) groups is 1. The summed E-state index contributed by atoms with van der Waals surface area (Å²) in [5, 5.41) is 0. The van der Waals surface area contributed by atoms with Crippen LogP contribution in [0.1, 0.15) is 18.4 Å². The van der Waals surface area contributed by atoms with E-state index in [4.69, 9.17) is 16.2 Å².